The van der Waals surface area contributed by atoms with Gasteiger partial charge in [0, 0.05) is 18.0 Å². The van der Waals surface area contributed by atoms with Gasteiger partial charge in [-0.1, -0.05) is 11.6 Å². The van der Waals surface area contributed by atoms with Crippen molar-refractivity contribution in [1.82, 2.24) is 0 Å². The second kappa shape index (κ2) is 5.53. The van der Waals surface area contributed by atoms with Crippen LogP contribution in [0.25, 0.3) is 0 Å². The van der Waals surface area contributed by atoms with Crippen LogP contribution < -0.4 is 10.5 Å². The molecule has 0 bridgehead atoms. The largest absolute Gasteiger partial charge is 0.493 e. The van der Waals surface area contributed by atoms with Gasteiger partial charge in [-0.25, -0.2) is 0 Å². The first-order valence-corrected chi connectivity index (χ1v) is 5.91. The Balaban J connectivity index is 2.03. The second-order valence-corrected chi connectivity index (χ2v) is 4.24. The molecule has 0 atom stereocenters. The fourth-order valence-corrected chi connectivity index (χ4v) is 2.16. The Morgan fingerprint density at radius 1 is 1.38 bits per heavy atom. The van der Waals surface area contributed by atoms with Crippen molar-refractivity contribution in [2.45, 2.75) is 12.8 Å². The summed E-state index contributed by atoms with van der Waals surface area (Å²) in [6.07, 6.45) is 1.77. The van der Waals surface area contributed by atoms with Crippen LogP contribution in [0, 0.1) is 0 Å². The van der Waals surface area contributed by atoms with Crippen LogP contribution in [-0.4, -0.2) is 26.4 Å². The third-order valence-corrected chi connectivity index (χ3v) is 2.82. The van der Waals surface area contributed by atoms with Crippen LogP contribution in [0.1, 0.15) is 11.1 Å². The predicted molar refractivity (Wildman–Crippen MR) is 64.2 cm³/mol. The zero-order valence-electron chi connectivity index (χ0n) is 9.17. The van der Waals surface area contributed by atoms with Gasteiger partial charge in [0.1, 0.15) is 5.75 Å². The third kappa shape index (κ3) is 2.67. The van der Waals surface area contributed by atoms with Crippen LogP contribution in [0.2, 0.25) is 5.02 Å². The maximum absolute atomic E-state index is 6.05. The van der Waals surface area contributed by atoms with Crippen molar-refractivity contribution >= 4 is 11.6 Å². The minimum Gasteiger partial charge on any atom is -0.493 e. The molecule has 0 fully saturated rings. The number of fused-ring (bicyclic) bond motifs is 1. The number of hydrogen-bond acceptors (Lipinski definition) is 3. The second-order valence-electron chi connectivity index (χ2n) is 3.80. The minimum absolute atomic E-state index is 0.560. The van der Waals surface area contributed by atoms with Crippen molar-refractivity contribution in [3.8, 4) is 5.75 Å². The van der Waals surface area contributed by atoms with Gasteiger partial charge in [-0.05, 0) is 29.7 Å². The predicted octanol–water partition coefficient (Wildman–Crippen LogP) is 1.79. The summed E-state index contributed by atoms with van der Waals surface area (Å²) in [6.45, 7) is 2.58. The van der Waals surface area contributed by atoms with E-state index in [0.717, 1.165) is 35.8 Å². The zero-order valence-corrected chi connectivity index (χ0v) is 9.93. The molecule has 0 spiro atoms. The molecule has 1 aromatic carbocycles. The van der Waals surface area contributed by atoms with E-state index >= 15 is 0 Å². The molecule has 0 saturated heterocycles. The van der Waals surface area contributed by atoms with Crippen LogP contribution in [-0.2, 0) is 17.6 Å². The number of halogens is 1. The quantitative estimate of drug-likeness (QED) is 0.800. The van der Waals surface area contributed by atoms with E-state index in [9.17, 15) is 0 Å². The average Bonchev–Trinajstić information content (AvgIpc) is 2.72. The molecule has 3 nitrogen and oxygen atoms in total. The molecule has 1 aliphatic rings. The number of nitrogens with two attached hydrogens (primary N) is 1. The molecule has 1 aliphatic heterocycles. The van der Waals surface area contributed by atoms with E-state index in [1.54, 1.807) is 0 Å². The fraction of sp³-hybridized carbons (Fsp3) is 0.500. The maximum atomic E-state index is 6.05. The van der Waals surface area contributed by atoms with Crippen molar-refractivity contribution in [1.29, 1.82) is 0 Å². The van der Waals surface area contributed by atoms with E-state index in [1.165, 1.54) is 5.56 Å². The van der Waals surface area contributed by atoms with Crippen molar-refractivity contribution in [3.63, 3.8) is 0 Å². The van der Waals surface area contributed by atoms with E-state index in [4.69, 9.17) is 26.8 Å². The van der Waals surface area contributed by atoms with Gasteiger partial charge in [0.2, 0.25) is 0 Å². The zero-order chi connectivity index (χ0) is 11.4. The van der Waals surface area contributed by atoms with Crippen molar-refractivity contribution in [2.75, 3.05) is 26.4 Å². The topological polar surface area (TPSA) is 44.5 Å². The van der Waals surface area contributed by atoms with Gasteiger partial charge < -0.3 is 15.2 Å². The molecule has 16 heavy (non-hydrogen) atoms. The maximum Gasteiger partial charge on any atom is 0.125 e. The van der Waals surface area contributed by atoms with E-state index in [-0.39, 0.29) is 0 Å². The van der Waals surface area contributed by atoms with E-state index in [0.29, 0.717) is 19.8 Å². The Labute approximate surface area is 100 Å². The number of ether oxygens (including phenoxy) is 2. The van der Waals surface area contributed by atoms with Crippen molar-refractivity contribution in [3.05, 3.63) is 28.3 Å². The highest BCUT2D eigenvalue weighted by atomic mass is 35.5. The molecular formula is C12H16ClNO2. The van der Waals surface area contributed by atoms with Crippen LogP contribution in [0.5, 0.6) is 5.75 Å². The lowest BCUT2D eigenvalue weighted by atomic mass is 10.1. The van der Waals surface area contributed by atoms with Gasteiger partial charge in [-0.15, -0.1) is 0 Å². The standard InChI is InChI=1S/C12H16ClNO2/c13-11-7-9(1-4-15-6-3-14)12-10(8-11)2-5-16-12/h7-8H,1-6,14H2. The Kier molecular flexibility index (Phi) is 4.04. The Bertz CT molecular complexity index is 368. The van der Waals surface area contributed by atoms with Gasteiger partial charge >= 0.3 is 0 Å². The molecule has 0 unspecified atom stereocenters. The normalized spacial score (nSPS) is 13.6. The van der Waals surface area contributed by atoms with Crippen LogP contribution in [0.3, 0.4) is 0 Å². The van der Waals surface area contributed by atoms with Gasteiger partial charge in [0.05, 0.1) is 19.8 Å². The molecule has 0 aromatic heterocycles. The third-order valence-electron chi connectivity index (χ3n) is 2.60. The first-order valence-electron chi connectivity index (χ1n) is 5.53. The van der Waals surface area contributed by atoms with Crippen molar-refractivity contribution in [2.24, 2.45) is 5.73 Å². The smallest absolute Gasteiger partial charge is 0.125 e. The fourth-order valence-electron chi connectivity index (χ4n) is 1.90. The first kappa shape index (κ1) is 11.7. The molecule has 1 aromatic rings. The minimum atomic E-state index is 0.560. The van der Waals surface area contributed by atoms with Crippen LogP contribution >= 0.6 is 11.6 Å². The summed E-state index contributed by atoms with van der Waals surface area (Å²) in [4.78, 5) is 0. The lowest BCUT2D eigenvalue weighted by Gasteiger charge is -2.09. The monoisotopic (exact) mass is 241 g/mol. The Hall–Kier alpha value is -0.770. The lowest BCUT2D eigenvalue weighted by molar-refractivity contribution is 0.144. The Morgan fingerprint density at radius 2 is 2.25 bits per heavy atom. The summed E-state index contributed by atoms with van der Waals surface area (Å²) in [5.41, 5.74) is 7.70. The highest BCUT2D eigenvalue weighted by Gasteiger charge is 2.17. The van der Waals surface area contributed by atoms with Crippen LogP contribution in [0.4, 0.5) is 0 Å². The molecule has 88 valence electrons. The molecule has 0 saturated carbocycles. The van der Waals surface area contributed by atoms with Crippen molar-refractivity contribution < 1.29 is 9.47 Å². The summed E-state index contributed by atoms with van der Waals surface area (Å²) in [6, 6.07) is 3.94. The lowest BCUT2D eigenvalue weighted by Crippen LogP contribution is -2.10. The molecule has 2 N–H and O–H groups in total. The molecular weight excluding hydrogens is 226 g/mol. The van der Waals surface area contributed by atoms with E-state index in [1.807, 2.05) is 12.1 Å². The highest BCUT2D eigenvalue weighted by Crippen LogP contribution is 2.33. The number of rotatable bonds is 5. The molecule has 0 amide bonds. The summed E-state index contributed by atoms with van der Waals surface area (Å²) in [5, 5.41) is 0.776. The highest BCUT2D eigenvalue weighted by molar-refractivity contribution is 6.30. The SMILES string of the molecule is NCCOCCc1cc(Cl)cc2c1OCC2. The summed E-state index contributed by atoms with van der Waals surface area (Å²) >= 11 is 6.05. The summed E-state index contributed by atoms with van der Waals surface area (Å²) in [5.74, 6) is 1.00. The average molecular weight is 242 g/mol. The van der Waals surface area contributed by atoms with E-state index < -0.39 is 0 Å². The van der Waals surface area contributed by atoms with Gasteiger partial charge in [-0.2, -0.15) is 0 Å². The van der Waals surface area contributed by atoms with Gasteiger partial charge in [0.15, 0.2) is 0 Å². The van der Waals surface area contributed by atoms with Crippen LogP contribution in [0.15, 0.2) is 12.1 Å². The van der Waals surface area contributed by atoms with Gasteiger partial charge in [0.25, 0.3) is 0 Å². The molecule has 0 aliphatic carbocycles. The molecule has 2 rings (SSSR count). The molecule has 4 heteroatoms. The number of hydrogen-bond donors (Lipinski definition) is 1. The summed E-state index contributed by atoms with van der Waals surface area (Å²) < 4.78 is 11.0. The first-order chi connectivity index (χ1) is 7.81. The van der Waals surface area contributed by atoms with E-state index in [2.05, 4.69) is 0 Å². The van der Waals surface area contributed by atoms with Gasteiger partial charge in [-0.3, -0.25) is 0 Å². The number of benzene rings is 1. The molecule has 0 radical (unpaired) electrons. The summed E-state index contributed by atoms with van der Waals surface area (Å²) in [7, 11) is 0. The Morgan fingerprint density at radius 3 is 3.06 bits per heavy atom. The molecule has 1 heterocycles.